The molecule has 0 aromatic heterocycles. The third kappa shape index (κ3) is 5.34. The van der Waals surface area contributed by atoms with E-state index in [4.69, 9.17) is 4.74 Å². The molecule has 0 saturated carbocycles. The Bertz CT molecular complexity index is 772. The molecule has 2 N–H and O–H groups in total. The smallest absolute Gasteiger partial charge is 0.305 e. The SMILES string of the molecule is COc1cccc(C(C)CC(=O)NC(CC(=O)O)c2ccccc2C)c1. The number of aliphatic carboxylic acids is 1. The number of amides is 1. The predicted molar refractivity (Wildman–Crippen MR) is 100 cm³/mol. The maximum Gasteiger partial charge on any atom is 0.305 e. The summed E-state index contributed by atoms with van der Waals surface area (Å²) in [4.78, 5) is 23.7. The van der Waals surface area contributed by atoms with Gasteiger partial charge in [-0.1, -0.05) is 43.3 Å². The molecule has 5 heteroatoms. The Morgan fingerprint density at radius 3 is 2.50 bits per heavy atom. The first-order valence-corrected chi connectivity index (χ1v) is 8.61. The van der Waals surface area contributed by atoms with Crippen molar-refractivity contribution in [3.05, 3.63) is 65.2 Å². The number of aryl methyl sites for hydroxylation is 1. The highest BCUT2D eigenvalue weighted by molar-refractivity contribution is 5.78. The molecule has 2 atom stereocenters. The van der Waals surface area contributed by atoms with Gasteiger partial charge < -0.3 is 15.2 Å². The summed E-state index contributed by atoms with van der Waals surface area (Å²) in [7, 11) is 1.61. The Morgan fingerprint density at radius 2 is 1.85 bits per heavy atom. The topological polar surface area (TPSA) is 75.6 Å². The first kappa shape index (κ1) is 19.5. The van der Waals surface area contributed by atoms with E-state index in [1.165, 1.54) is 0 Å². The van der Waals surface area contributed by atoms with Crippen LogP contribution in [0.4, 0.5) is 0 Å². The lowest BCUT2D eigenvalue weighted by atomic mass is 9.95. The fourth-order valence-corrected chi connectivity index (χ4v) is 2.99. The average molecular weight is 355 g/mol. The minimum absolute atomic E-state index is 0.00699. The Hall–Kier alpha value is -2.82. The summed E-state index contributed by atoms with van der Waals surface area (Å²) < 4.78 is 5.22. The normalized spacial score (nSPS) is 12.9. The largest absolute Gasteiger partial charge is 0.497 e. The summed E-state index contributed by atoms with van der Waals surface area (Å²) in [5, 5.41) is 12.1. The van der Waals surface area contributed by atoms with Crippen LogP contribution < -0.4 is 10.1 Å². The van der Waals surface area contributed by atoms with Crippen LogP contribution in [0.1, 0.15) is 48.4 Å². The van der Waals surface area contributed by atoms with Crippen LogP contribution in [0.5, 0.6) is 5.75 Å². The molecule has 2 aromatic rings. The molecule has 0 aliphatic carbocycles. The molecule has 5 nitrogen and oxygen atoms in total. The second-order valence-electron chi connectivity index (χ2n) is 6.46. The number of benzene rings is 2. The van der Waals surface area contributed by atoms with Crippen LogP contribution in [-0.4, -0.2) is 24.1 Å². The summed E-state index contributed by atoms with van der Waals surface area (Å²) in [6.07, 6.45) is 0.124. The van der Waals surface area contributed by atoms with E-state index in [0.717, 1.165) is 22.4 Å². The Balaban J connectivity index is 2.09. The quantitative estimate of drug-likeness (QED) is 0.754. The van der Waals surface area contributed by atoms with E-state index in [9.17, 15) is 14.7 Å². The van der Waals surface area contributed by atoms with E-state index in [-0.39, 0.29) is 24.7 Å². The Labute approximate surface area is 154 Å². The second-order valence-corrected chi connectivity index (χ2v) is 6.46. The second kappa shape index (κ2) is 9.04. The van der Waals surface area contributed by atoms with Crippen LogP contribution in [-0.2, 0) is 9.59 Å². The first-order valence-electron chi connectivity index (χ1n) is 8.61. The number of carboxylic acids is 1. The van der Waals surface area contributed by atoms with Gasteiger partial charge in [0.15, 0.2) is 0 Å². The number of carbonyl (C=O) groups excluding carboxylic acids is 1. The van der Waals surface area contributed by atoms with E-state index < -0.39 is 12.0 Å². The summed E-state index contributed by atoms with van der Waals surface area (Å²) in [6, 6.07) is 14.6. The lowest BCUT2D eigenvalue weighted by Gasteiger charge is -2.21. The summed E-state index contributed by atoms with van der Waals surface area (Å²) in [6.45, 7) is 3.88. The molecule has 0 heterocycles. The number of rotatable bonds is 8. The lowest BCUT2D eigenvalue weighted by Crippen LogP contribution is -2.31. The molecule has 0 radical (unpaired) electrons. The molecule has 0 aliphatic heterocycles. The third-order valence-corrected chi connectivity index (χ3v) is 4.43. The van der Waals surface area contributed by atoms with Crippen LogP contribution in [0.25, 0.3) is 0 Å². The zero-order valence-corrected chi connectivity index (χ0v) is 15.4. The highest BCUT2D eigenvalue weighted by atomic mass is 16.5. The molecule has 0 fully saturated rings. The van der Waals surface area contributed by atoms with Crippen LogP contribution in [0, 0.1) is 6.92 Å². The number of carboxylic acid groups (broad SMARTS) is 1. The fourth-order valence-electron chi connectivity index (χ4n) is 2.99. The average Bonchev–Trinajstić information content (AvgIpc) is 2.61. The van der Waals surface area contributed by atoms with Crippen molar-refractivity contribution in [1.82, 2.24) is 5.32 Å². The van der Waals surface area contributed by atoms with Gasteiger partial charge >= 0.3 is 5.97 Å². The molecule has 0 bridgehead atoms. The van der Waals surface area contributed by atoms with E-state index in [1.807, 2.05) is 62.4 Å². The third-order valence-electron chi connectivity index (χ3n) is 4.43. The van der Waals surface area contributed by atoms with Gasteiger partial charge in [0.2, 0.25) is 5.91 Å². The fraction of sp³-hybridized carbons (Fsp3) is 0.333. The van der Waals surface area contributed by atoms with Crippen molar-refractivity contribution in [2.45, 2.75) is 38.6 Å². The van der Waals surface area contributed by atoms with E-state index in [1.54, 1.807) is 7.11 Å². The zero-order valence-electron chi connectivity index (χ0n) is 15.4. The standard InChI is InChI=1S/C21H25NO4/c1-14-7-4-5-10-18(14)19(13-21(24)25)22-20(23)11-15(2)16-8-6-9-17(12-16)26-3/h4-10,12,15,19H,11,13H2,1-3H3,(H,22,23)(H,24,25). The molecule has 138 valence electrons. The molecule has 2 unspecified atom stereocenters. The van der Waals surface area contributed by atoms with E-state index in [0.29, 0.717) is 0 Å². The molecule has 2 rings (SSSR count). The summed E-state index contributed by atoms with van der Waals surface area (Å²) in [5.74, 6) is -0.375. The zero-order chi connectivity index (χ0) is 19.1. The van der Waals surface area contributed by atoms with Gasteiger partial charge in [-0.15, -0.1) is 0 Å². The molecule has 0 spiro atoms. The van der Waals surface area contributed by atoms with Gasteiger partial charge in [0.05, 0.1) is 19.6 Å². The van der Waals surface area contributed by atoms with Crippen molar-refractivity contribution < 1.29 is 19.4 Å². The molecule has 26 heavy (non-hydrogen) atoms. The minimum Gasteiger partial charge on any atom is -0.497 e. The van der Waals surface area contributed by atoms with Gasteiger partial charge in [-0.2, -0.15) is 0 Å². The van der Waals surface area contributed by atoms with Crippen LogP contribution in [0.2, 0.25) is 0 Å². The maximum absolute atomic E-state index is 12.5. The van der Waals surface area contributed by atoms with E-state index >= 15 is 0 Å². The predicted octanol–water partition coefficient (Wildman–Crippen LogP) is 3.83. The van der Waals surface area contributed by atoms with E-state index in [2.05, 4.69) is 5.32 Å². The van der Waals surface area contributed by atoms with Crippen LogP contribution in [0.3, 0.4) is 0 Å². The minimum atomic E-state index is -0.945. The van der Waals surface area contributed by atoms with Gasteiger partial charge in [0, 0.05) is 6.42 Å². The monoisotopic (exact) mass is 355 g/mol. The number of methoxy groups -OCH3 is 1. The Kier molecular flexibility index (Phi) is 6.78. The van der Waals surface area contributed by atoms with Crippen LogP contribution >= 0.6 is 0 Å². The molecular weight excluding hydrogens is 330 g/mol. The Morgan fingerprint density at radius 1 is 1.12 bits per heavy atom. The maximum atomic E-state index is 12.5. The summed E-state index contributed by atoms with van der Waals surface area (Å²) >= 11 is 0. The van der Waals surface area contributed by atoms with Gasteiger partial charge in [-0.3, -0.25) is 9.59 Å². The van der Waals surface area contributed by atoms with Crippen molar-refractivity contribution in [2.24, 2.45) is 0 Å². The number of ether oxygens (including phenoxy) is 1. The van der Waals surface area contributed by atoms with Crippen LogP contribution in [0.15, 0.2) is 48.5 Å². The first-order chi connectivity index (χ1) is 12.4. The van der Waals surface area contributed by atoms with Crippen molar-refractivity contribution in [1.29, 1.82) is 0 Å². The number of hydrogen-bond acceptors (Lipinski definition) is 3. The lowest BCUT2D eigenvalue weighted by molar-refractivity contribution is -0.137. The van der Waals surface area contributed by atoms with Crippen molar-refractivity contribution in [3.8, 4) is 5.75 Å². The highest BCUT2D eigenvalue weighted by Gasteiger charge is 2.21. The molecule has 1 amide bonds. The van der Waals surface area contributed by atoms with Crippen molar-refractivity contribution in [3.63, 3.8) is 0 Å². The highest BCUT2D eigenvalue weighted by Crippen LogP contribution is 2.25. The molecule has 0 saturated heterocycles. The molecular formula is C21H25NO4. The van der Waals surface area contributed by atoms with Crippen molar-refractivity contribution in [2.75, 3.05) is 7.11 Å². The molecule has 2 aromatic carbocycles. The van der Waals surface area contributed by atoms with Crippen molar-refractivity contribution >= 4 is 11.9 Å². The van der Waals surface area contributed by atoms with Gasteiger partial charge in [0.1, 0.15) is 5.75 Å². The number of hydrogen-bond donors (Lipinski definition) is 2. The molecule has 0 aliphatic rings. The van der Waals surface area contributed by atoms with Gasteiger partial charge in [-0.05, 0) is 41.7 Å². The van der Waals surface area contributed by atoms with Gasteiger partial charge in [0.25, 0.3) is 0 Å². The number of carbonyl (C=O) groups is 2. The van der Waals surface area contributed by atoms with Gasteiger partial charge in [-0.25, -0.2) is 0 Å². The number of nitrogens with one attached hydrogen (secondary N) is 1. The summed E-state index contributed by atoms with van der Waals surface area (Å²) in [5.41, 5.74) is 2.79.